The first kappa shape index (κ1) is 18.3. The Kier molecular flexibility index (Phi) is 14.9. The van der Waals surface area contributed by atoms with Gasteiger partial charge in [-0.3, -0.25) is 0 Å². The quantitative estimate of drug-likeness (QED) is 0.671. The van der Waals surface area contributed by atoms with Gasteiger partial charge in [0.05, 0.1) is 0 Å². The van der Waals surface area contributed by atoms with E-state index in [0.717, 1.165) is 11.8 Å². The van der Waals surface area contributed by atoms with Gasteiger partial charge in [-0.25, -0.2) is 0 Å². The zero-order chi connectivity index (χ0) is 13.0. The van der Waals surface area contributed by atoms with Gasteiger partial charge in [-0.05, 0) is 50.7 Å². The molecule has 0 bridgehead atoms. The summed E-state index contributed by atoms with van der Waals surface area (Å²) in [6.07, 6.45) is 4.32. The molecule has 0 aromatic heterocycles. The summed E-state index contributed by atoms with van der Waals surface area (Å²) in [5.74, 6) is 1.91. The molecule has 1 saturated heterocycles. The van der Waals surface area contributed by atoms with Gasteiger partial charge in [0.25, 0.3) is 0 Å². The molecule has 0 spiro atoms. The Morgan fingerprint density at radius 2 is 1.44 bits per heavy atom. The van der Waals surface area contributed by atoms with Crippen LogP contribution < -0.4 is 0 Å². The van der Waals surface area contributed by atoms with Crippen molar-refractivity contribution in [1.29, 1.82) is 0 Å². The van der Waals surface area contributed by atoms with Crippen LogP contribution in [-0.4, -0.2) is 24.5 Å². The van der Waals surface area contributed by atoms with Crippen molar-refractivity contribution in [2.75, 3.05) is 19.6 Å². The van der Waals surface area contributed by atoms with Crippen LogP contribution in [-0.2, 0) is 0 Å². The lowest BCUT2D eigenvalue weighted by molar-refractivity contribution is 0.178. The zero-order valence-electron chi connectivity index (χ0n) is 12.8. The number of hydrogen-bond donors (Lipinski definition) is 0. The van der Waals surface area contributed by atoms with E-state index in [9.17, 15) is 0 Å². The number of nitrogens with zero attached hydrogens (tertiary/aromatic N) is 1. The van der Waals surface area contributed by atoms with Gasteiger partial charge in [0.1, 0.15) is 0 Å². The van der Waals surface area contributed by atoms with Crippen LogP contribution in [0.1, 0.15) is 67.7 Å². The van der Waals surface area contributed by atoms with Gasteiger partial charge in [0, 0.05) is 0 Å². The maximum Gasteiger partial charge on any atom is -0.00162 e. The molecule has 1 aliphatic rings. The summed E-state index contributed by atoms with van der Waals surface area (Å²) in [4.78, 5) is 2.57. The monoisotopic (exact) mass is 229 g/mol. The maximum absolute atomic E-state index is 2.57. The molecule has 1 fully saturated rings. The second-order valence-corrected chi connectivity index (χ2v) is 4.51. The molecule has 1 heterocycles. The van der Waals surface area contributed by atoms with E-state index in [0.29, 0.717) is 0 Å². The maximum atomic E-state index is 2.57. The second-order valence-electron chi connectivity index (χ2n) is 4.51. The van der Waals surface area contributed by atoms with Crippen molar-refractivity contribution in [2.45, 2.75) is 67.7 Å². The summed E-state index contributed by atoms with van der Waals surface area (Å²) < 4.78 is 0. The van der Waals surface area contributed by atoms with Crippen molar-refractivity contribution in [3.05, 3.63) is 0 Å². The van der Waals surface area contributed by atoms with E-state index in [-0.39, 0.29) is 0 Å². The summed E-state index contributed by atoms with van der Waals surface area (Å²) in [7, 11) is 0. The average Bonchev–Trinajstić information content (AvgIpc) is 2.34. The van der Waals surface area contributed by atoms with Gasteiger partial charge < -0.3 is 4.90 Å². The highest BCUT2D eigenvalue weighted by Crippen LogP contribution is 2.23. The summed E-state index contributed by atoms with van der Waals surface area (Å²) in [5, 5.41) is 0. The Morgan fingerprint density at radius 1 is 1.00 bits per heavy atom. The highest BCUT2D eigenvalue weighted by molar-refractivity contribution is 4.72. The average molecular weight is 229 g/mol. The Balaban J connectivity index is 0. The first-order valence-corrected chi connectivity index (χ1v) is 7.44. The molecule has 0 radical (unpaired) electrons. The Hall–Kier alpha value is -0.0400. The zero-order valence-corrected chi connectivity index (χ0v) is 12.8. The predicted molar refractivity (Wildman–Crippen MR) is 77.0 cm³/mol. The molecule has 16 heavy (non-hydrogen) atoms. The summed E-state index contributed by atoms with van der Waals surface area (Å²) in [6, 6.07) is 0. The number of hydrogen-bond acceptors (Lipinski definition) is 1. The lowest BCUT2D eigenvalue weighted by Crippen LogP contribution is -2.33. The van der Waals surface area contributed by atoms with Crippen molar-refractivity contribution in [3.63, 3.8) is 0 Å². The molecule has 0 unspecified atom stereocenters. The van der Waals surface area contributed by atoms with Crippen molar-refractivity contribution < 1.29 is 0 Å². The minimum atomic E-state index is 0.892. The highest BCUT2D eigenvalue weighted by Gasteiger charge is 2.18. The molecule has 0 aromatic rings. The van der Waals surface area contributed by atoms with E-state index in [1.165, 1.54) is 38.9 Å². The lowest BCUT2D eigenvalue weighted by Gasteiger charge is -2.31. The van der Waals surface area contributed by atoms with E-state index in [2.05, 4.69) is 25.7 Å². The van der Waals surface area contributed by atoms with Crippen molar-refractivity contribution in [1.82, 2.24) is 4.90 Å². The van der Waals surface area contributed by atoms with Crippen LogP contribution in [0.5, 0.6) is 0 Å². The van der Waals surface area contributed by atoms with E-state index in [1.54, 1.807) is 0 Å². The van der Waals surface area contributed by atoms with Crippen LogP contribution in [0.25, 0.3) is 0 Å². The number of piperidine rings is 1. The Morgan fingerprint density at radius 3 is 1.75 bits per heavy atom. The molecule has 1 heteroatoms. The minimum absolute atomic E-state index is 0.892. The SMILES string of the molecule is CC.CC.CCN1CCC(CC(C)C)CC1. The molecule has 0 N–H and O–H groups in total. The lowest BCUT2D eigenvalue weighted by atomic mass is 9.89. The molecule has 0 aliphatic carbocycles. The van der Waals surface area contributed by atoms with Crippen LogP contribution in [0.2, 0.25) is 0 Å². The van der Waals surface area contributed by atoms with Crippen molar-refractivity contribution in [3.8, 4) is 0 Å². The van der Waals surface area contributed by atoms with E-state index in [1.807, 2.05) is 27.7 Å². The third kappa shape index (κ3) is 9.21. The molecule has 0 atom stereocenters. The van der Waals surface area contributed by atoms with Crippen LogP contribution in [0.4, 0.5) is 0 Å². The summed E-state index contributed by atoms with van der Waals surface area (Å²) in [5.41, 5.74) is 0. The number of rotatable bonds is 3. The van der Waals surface area contributed by atoms with Gasteiger partial charge in [0.15, 0.2) is 0 Å². The normalized spacial score (nSPS) is 17.2. The van der Waals surface area contributed by atoms with Gasteiger partial charge in [-0.1, -0.05) is 48.5 Å². The summed E-state index contributed by atoms with van der Waals surface area (Å²) in [6.45, 7) is 18.9. The minimum Gasteiger partial charge on any atom is -0.304 e. The molecule has 100 valence electrons. The number of likely N-dealkylation sites (tertiary alicyclic amines) is 1. The van der Waals surface area contributed by atoms with Crippen LogP contribution in [0.3, 0.4) is 0 Å². The Labute approximate surface area is 105 Å². The molecule has 1 aliphatic heterocycles. The third-order valence-electron chi connectivity index (χ3n) is 2.96. The van der Waals surface area contributed by atoms with E-state index >= 15 is 0 Å². The first-order chi connectivity index (χ1) is 7.72. The highest BCUT2D eigenvalue weighted by atomic mass is 15.1. The molecular weight excluding hydrogens is 194 g/mol. The van der Waals surface area contributed by atoms with E-state index < -0.39 is 0 Å². The standard InChI is InChI=1S/C11H23N.2C2H6/c1-4-12-7-5-11(6-8-12)9-10(2)3;2*1-2/h10-11H,4-9H2,1-3H3;2*1-2H3. The third-order valence-corrected chi connectivity index (χ3v) is 2.96. The molecule has 0 aromatic carbocycles. The molecule has 1 rings (SSSR count). The Bertz CT molecular complexity index is 113. The smallest absolute Gasteiger partial charge is 0.00162 e. The van der Waals surface area contributed by atoms with Crippen molar-refractivity contribution in [2.24, 2.45) is 11.8 Å². The van der Waals surface area contributed by atoms with Crippen LogP contribution in [0.15, 0.2) is 0 Å². The predicted octanol–water partition coefficient (Wildman–Crippen LogP) is 4.82. The van der Waals surface area contributed by atoms with Crippen LogP contribution in [0, 0.1) is 11.8 Å². The van der Waals surface area contributed by atoms with E-state index in [4.69, 9.17) is 0 Å². The fourth-order valence-electron chi connectivity index (χ4n) is 2.21. The van der Waals surface area contributed by atoms with Gasteiger partial charge in [-0.2, -0.15) is 0 Å². The molecule has 0 amide bonds. The molecular formula is C15H35N. The second kappa shape index (κ2) is 13.0. The summed E-state index contributed by atoms with van der Waals surface area (Å²) >= 11 is 0. The van der Waals surface area contributed by atoms with Crippen LogP contribution >= 0.6 is 0 Å². The van der Waals surface area contributed by atoms with Gasteiger partial charge >= 0.3 is 0 Å². The van der Waals surface area contributed by atoms with Gasteiger partial charge in [-0.15, -0.1) is 0 Å². The first-order valence-electron chi connectivity index (χ1n) is 7.44. The molecule has 0 saturated carbocycles. The fraction of sp³-hybridized carbons (Fsp3) is 1.00. The fourth-order valence-corrected chi connectivity index (χ4v) is 2.21. The largest absolute Gasteiger partial charge is 0.304 e. The topological polar surface area (TPSA) is 3.24 Å². The van der Waals surface area contributed by atoms with Gasteiger partial charge in [0.2, 0.25) is 0 Å². The van der Waals surface area contributed by atoms with Crippen molar-refractivity contribution >= 4 is 0 Å². The molecule has 1 nitrogen and oxygen atoms in total.